The number of hydrogen-bond donors (Lipinski definition) is 1. The Kier molecular flexibility index (Phi) is 3.69. The van der Waals surface area contributed by atoms with Gasteiger partial charge in [-0.15, -0.1) is 16.4 Å². The molecule has 0 unspecified atom stereocenters. The molecule has 7 nitrogen and oxygen atoms in total. The second-order valence-corrected chi connectivity index (χ2v) is 5.41. The topological polar surface area (TPSA) is 93.8 Å². The van der Waals surface area contributed by atoms with Gasteiger partial charge in [-0.2, -0.15) is 0 Å². The molecule has 0 aliphatic heterocycles. The first kappa shape index (κ1) is 12.0. The predicted octanol–water partition coefficient (Wildman–Crippen LogP) is 0.663. The number of carboxylic acid groups (broad SMARTS) is 1. The third-order valence-electron chi connectivity index (χ3n) is 1.80. The van der Waals surface area contributed by atoms with E-state index in [9.17, 15) is 4.79 Å². The minimum atomic E-state index is -0.891. The van der Waals surface area contributed by atoms with Gasteiger partial charge in [-0.1, -0.05) is 11.8 Å². The number of carbonyl (C=O) groups is 1. The third kappa shape index (κ3) is 3.24. The maximum Gasteiger partial charge on any atom is 0.313 e. The van der Waals surface area contributed by atoms with Gasteiger partial charge in [0, 0.05) is 11.1 Å². The van der Waals surface area contributed by atoms with E-state index in [1.54, 1.807) is 22.2 Å². The molecule has 2 aromatic heterocycles. The van der Waals surface area contributed by atoms with Crippen molar-refractivity contribution in [2.24, 2.45) is 0 Å². The first-order valence-electron chi connectivity index (χ1n) is 4.67. The zero-order valence-electron chi connectivity index (χ0n) is 8.90. The van der Waals surface area contributed by atoms with Crippen molar-refractivity contribution < 1.29 is 9.90 Å². The summed E-state index contributed by atoms with van der Waals surface area (Å²) in [6.45, 7) is 2.44. The highest BCUT2D eigenvalue weighted by Gasteiger charge is 2.10. The maximum atomic E-state index is 10.5. The van der Waals surface area contributed by atoms with Gasteiger partial charge >= 0.3 is 5.97 Å². The number of thiazole rings is 1. The minimum Gasteiger partial charge on any atom is -0.481 e. The van der Waals surface area contributed by atoms with Gasteiger partial charge in [-0.25, -0.2) is 9.67 Å². The fraction of sp³-hybridized carbons (Fsp3) is 0.375. The Morgan fingerprint density at radius 1 is 1.65 bits per heavy atom. The Hall–Kier alpha value is -1.48. The van der Waals surface area contributed by atoms with Gasteiger partial charge < -0.3 is 5.11 Å². The molecule has 9 heteroatoms. The summed E-state index contributed by atoms with van der Waals surface area (Å²) < 4.78 is 1.57. The highest BCUT2D eigenvalue weighted by atomic mass is 32.2. The standard InChI is InChI=1S/C8H9N5O2S2/c1-5-9-2-6(17-5)3-13-8(10-11-12-13)16-4-7(14)15/h2H,3-4H2,1H3,(H,14,15). The van der Waals surface area contributed by atoms with Gasteiger partial charge in [0.2, 0.25) is 5.16 Å². The average molecular weight is 271 g/mol. The average Bonchev–Trinajstić information content (AvgIpc) is 2.86. The summed E-state index contributed by atoms with van der Waals surface area (Å²) in [5.41, 5.74) is 0. The molecule has 0 saturated carbocycles. The number of carboxylic acids is 1. The largest absolute Gasteiger partial charge is 0.481 e. The molecule has 2 heterocycles. The van der Waals surface area contributed by atoms with Crippen LogP contribution in [0.15, 0.2) is 11.4 Å². The van der Waals surface area contributed by atoms with Gasteiger partial charge in [-0.3, -0.25) is 4.79 Å². The lowest BCUT2D eigenvalue weighted by atomic mass is 10.5. The second kappa shape index (κ2) is 5.23. The lowest BCUT2D eigenvalue weighted by Gasteiger charge is -2.00. The van der Waals surface area contributed by atoms with Crippen molar-refractivity contribution in [2.45, 2.75) is 18.6 Å². The van der Waals surface area contributed by atoms with Gasteiger partial charge in [0.1, 0.15) is 0 Å². The van der Waals surface area contributed by atoms with E-state index in [2.05, 4.69) is 20.5 Å². The van der Waals surface area contributed by atoms with Crippen LogP contribution in [-0.2, 0) is 11.3 Å². The first-order valence-corrected chi connectivity index (χ1v) is 6.47. The van der Waals surface area contributed by atoms with Crippen LogP contribution in [0.3, 0.4) is 0 Å². The molecule has 2 rings (SSSR count). The second-order valence-electron chi connectivity index (χ2n) is 3.15. The van der Waals surface area contributed by atoms with E-state index in [4.69, 9.17) is 5.11 Å². The zero-order valence-corrected chi connectivity index (χ0v) is 10.5. The first-order chi connectivity index (χ1) is 8.15. The molecule has 90 valence electrons. The number of aliphatic carboxylic acids is 1. The summed E-state index contributed by atoms with van der Waals surface area (Å²) in [5, 5.41) is 21.2. The zero-order chi connectivity index (χ0) is 12.3. The summed E-state index contributed by atoms with van der Waals surface area (Å²) in [7, 11) is 0. The number of hydrogen-bond acceptors (Lipinski definition) is 7. The predicted molar refractivity (Wildman–Crippen MR) is 62.1 cm³/mol. The van der Waals surface area contributed by atoms with Crippen LogP contribution in [0.1, 0.15) is 9.88 Å². The van der Waals surface area contributed by atoms with E-state index in [0.29, 0.717) is 11.7 Å². The number of nitrogens with zero attached hydrogens (tertiary/aromatic N) is 5. The van der Waals surface area contributed by atoms with Crippen LogP contribution >= 0.6 is 23.1 Å². The van der Waals surface area contributed by atoms with Gasteiger partial charge in [0.25, 0.3) is 0 Å². The van der Waals surface area contributed by atoms with Crippen LogP contribution in [0.25, 0.3) is 0 Å². The molecule has 0 bridgehead atoms. The third-order valence-corrected chi connectivity index (χ3v) is 3.64. The molecule has 0 saturated heterocycles. The Bertz CT molecular complexity index is 523. The van der Waals surface area contributed by atoms with E-state index < -0.39 is 5.97 Å². The van der Waals surface area contributed by atoms with Crippen LogP contribution < -0.4 is 0 Å². The van der Waals surface area contributed by atoms with E-state index in [1.165, 1.54) is 0 Å². The molecule has 0 atom stereocenters. The number of aromatic nitrogens is 5. The van der Waals surface area contributed by atoms with Crippen molar-refractivity contribution in [3.8, 4) is 0 Å². The lowest BCUT2D eigenvalue weighted by molar-refractivity contribution is -0.133. The molecule has 1 N–H and O–H groups in total. The van der Waals surface area contributed by atoms with Crippen LogP contribution in [0.5, 0.6) is 0 Å². The molecular weight excluding hydrogens is 262 g/mol. The SMILES string of the molecule is Cc1ncc(Cn2nnnc2SCC(=O)O)s1. The van der Waals surface area contributed by atoms with Gasteiger partial charge in [0.15, 0.2) is 0 Å². The molecule has 0 amide bonds. The van der Waals surface area contributed by atoms with E-state index >= 15 is 0 Å². The van der Waals surface area contributed by atoms with Crippen molar-refractivity contribution >= 4 is 29.1 Å². The van der Waals surface area contributed by atoms with Crippen molar-refractivity contribution in [3.63, 3.8) is 0 Å². The van der Waals surface area contributed by atoms with Crippen molar-refractivity contribution in [1.29, 1.82) is 0 Å². The fourth-order valence-corrected chi connectivity index (χ4v) is 2.53. The smallest absolute Gasteiger partial charge is 0.313 e. The van der Waals surface area contributed by atoms with Crippen molar-refractivity contribution in [1.82, 2.24) is 25.2 Å². The van der Waals surface area contributed by atoms with E-state index in [0.717, 1.165) is 21.6 Å². The Morgan fingerprint density at radius 3 is 3.12 bits per heavy atom. The molecule has 0 spiro atoms. The molecule has 2 aromatic rings. The number of tetrazole rings is 1. The summed E-state index contributed by atoms with van der Waals surface area (Å²) in [6, 6.07) is 0. The van der Waals surface area contributed by atoms with Gasteiger partial charge in [0.05, 0.1) is 17.3 Å². The quantitative estimate of drug-likeness (QED) is 0.798. The summed E-state index contributed by atoms with van der Waals surface area (Å²) in [6.07, 6.45) is 1.77. The number of thioether (sulfide) groups is 1. The van der Waals surface area contributed by atoms with Crippen LogP contribution in [0.2, 0.25) is 0 Å². The van der Waals surface area contributed by atoms with Crippen LogP contribution in [0, 0.1) is 6.92 Å². The van der Waals surface area contributed by atoms with Crippen molar-refractivity contribution in [3.05, 3.63) is 16.1 Å². The fourth-order valence-electron chi connectivity index (χ4n) is 1.15. The van der Waals surface area contributed by atoms with E-state index in [-0.39, 0.29) is 5.75 Å². The van der Waals surface area contributed by atoms with Crippen LogP contribution in [0.4, 0.5) is 0 Å². The molecule has 17 heavy (non-hydrogen) atoms. The Labute approximate surface area is 105 Å². The molecule has 0 fully saturated rings. The Morgan fingerprint density at radius 2 is 2.47 bits per heavy atom. The van der Waals surface area contributed by atoms with Crippen molar-refractivity contribution in [2.75, 3.05) is 5.75 Å². The summed E-state index contributed by atoms with van der Waals surface area (Å²) in [4.78, 5) is 15.6. The molecule has 0 aromatic carbocycles. The van der Waals surface area contributed by atoms with Gasteiger partial charge in [-0.05, 0) is 17.4 Å². The van der Waals surface area contributed by atoms with E-state index in [1.807, 2.05) is 6.92 Å². The van der Waals surface area contributed by atoms with Crippen LogP contribution in [-0.4, -0.2) is 42.0 Å². The summed E-state index contributed by atoms with van der Waals surface area (Å²) >= 11 is 2.67. The Balaban J connectivity index is 2.06. The number of aryl methyl sites for hydroxylation is 1. The molecule has 0 radical (unpaired) electrons. The minimum absolute atomic E-state index is 0.0535. The molecular formula is C8H9N5O2S2. The normalized spacial score (nSPS) is 10.6. The monoisotopic (exact) mass is 271 g/mol. The molecule has 0 aliphatic rings. The number of rotatable bonds is 5. The lowest BCUT2D eigenvalue weighted by Crippen LogP contribution is -2.05. The summed E-state index contributed by atoms with van der Waals surface area (Å²) in [5.74, 6) is -0.944. The highest BCUT2D eigenvalue weighted by Crippen LogP contribution is 2.17. The molecule has 0 aliphatic carbocycles. The maximum absolute atomic E-state index is 10.5. The highest BCUT2D eigenvalue weighted by molar-refractivity contribution is 7.99.